The molecule has 1 atom stereocenters. The summed E-state index contributed by atoms with van der Waals surface area (Å²) < 4.78 is 0. The Hall–Kier alpha value is -1.39. The lowest BCUT2D eigenvalue weighted by Gasteiger charge is -2.15. The van der Waals surface area contributed by atoms with Crippen LogP contribution in [-0.4, -0.2) is 36.5 Å². The number of hydrogen-bond acceptors (Lipinski definition) is 3. The van der Waals surface area contributed by atoms with E-state index < -0.39 is 0 Å². The molecular formula is C17H25N3O. The van der Waals surface area contributed by atoms with Crippen molar-refractivity contribution in [2.75, 3.05) is 25.0 Å². The molecule has 0 spiro atoms. The summed E-state index contributed by atoms with van der Waals surface area (Å²) in [4.78, 5) is 14.5. The van der Waals surface area contributed by atoms with Crippen LogP contribution in [0.15, 0.2) is 24.3 Å². The molecule has 114 valence electrons. The third-order valence-corrected chi connectivity index (χ3v) is 4.41. The lowest BCUT2D eigenvalue weighted by molar-refractivity contribution is -0.116. The molecule has 1 aromatic rings. The minimum Gasteiger partial charge on any atom is -0.326 e. The second-order valence-electron chi connectivity index (χ2n) is 6.23. The number of anilines is 1. The maximum absolute atomic E-state index is 12.1. The van der Waals surface area contributed by atoms with Gasteiger partial charge < -0.3 is 10.6 Å². The van der Waals surface area contributed by atoms with Gasteiger partial charge in [-0.25, -0.2) is 0 Å². The molecule has 2 heterocycles. The van der Waals surface area contributed by atoms with Gasteiger partial charge in [-0.05, 0) is 63.0 Å². The topological polar surface area (TPSA) is 44.4 Å². The van der Waals surface area contributed by atoms with E-state index in [1.54, 1.807) is 0 Å². The largest absolute Gasteiger partial charge is 0.326 e. The number of nitrogens with one attached hydrogen (secondary N) is 2. The van der Waals surface area contributed by atoms with Crippen molar-refractivity contribution in [3.63, 3.8) is 0 Å². The van der Waals surface area contributed by atoms with Crippen LogP contribution in [0.5, 0.6) is 0 Å². The Morgan fingerprint density at radius 1 is 1.29 bits per heavy atom. The third-order valence-electron chi connectivity index (χ3n) is 4.41. The number of amides is 1. The van der Waals surface area contributed by atoms with E-state index >= 15 is 0 Å². The summed E-state index contributed by atoms with van der Waals surface area (Å²) in [7, 11) is 0. The second kappa shape index (κ2) is 7.05. The molecule has 1 unspecified atom stereocenters. The Morgan fingerprint density at radius 2 is 2.14 bits per heavy atom. The number of hydrogen-bond donors (Lipinski definition) is 2. The molecule has 0 aliphatic carbocycles. The van der Waals surface area contributed by atoms with Crippen molar-refractivity contribution in [2.24, 2.45) is 0 Å². The predicted octanol–water partition coefficient (Wildman–Crippen LogP) is 2.36. The zero-order valence-electron chi connectivity index (χ0n) is 12.6. The Balaban J connectivity index is 1.53. The molecule has 0 radical (unpaired) electrons. The molecule has 2 fully saturated rings. The monoisotopic (exact) mass is 287 g/mol. The van der Waals surface area contributed by atoms with Gasteiger partial charge in [0.2, 0.25) is 5.91 Å². The van der Waals surface area contributed by atoms with E-state index in [1.165, 1.54) is 37.9 Å². The Labute approximate surface area is 126 Å². The first-order valence-corrected chi connectivity index (χ1v) is 8.14. The smallest absolute Gasteiger partial charge is 0.225 e. The van der Waals surface area contributed by atoms with E-state index in [1.807, 2.05) is 12.1 Å². The summed E-state index contributed by atoms with van der Waals surface area (Å²) in [6.07, 6.45) is 5.50. The van der Waals surface area contributed by atoms with Crippen LogP contribution in [0, 0.1) is 0 Å². The molecule has 2 saturated heterocycles. The first-order valence-electron chi connectivity index (χ1n) is 8.14. The number of nitrogens with zero attached hydrogens (tertiary/aromatic N) is 1. The van der Waals surface area contributed by atoms with Gasteiger partial charge in [-0.15, -0.1) is 0 Å². The molecule has 2 aliphatic rings. The van der Waals surface area contributed by atoms with Crippen molar-refractivity contribution in [1.82, 2.24) is 10.2 Å². The molecule has 0 aromatic heterocycles. The number of rotatable bonds is 5. The van der Waals surface area contributed by atoms with Crippen molar-refractivity contribution in [3.8, 4) is 0 Å². The fourth-order valence-corrected chi connectivity index (χ4v) is 3.31. The molecular weight excluding hydrogens is 262 g/mol. The maximum Gasteiger partial charge on any atom is 0.225 e. The molecule has 21 heavy (non-hydrogen) atoms. The van der Waals surface area contributed by atoms with E-state index in [4.69, 9.17) is 0 Å². The van der Waals surface area contributed by atoms with Crippen molar-refractivity contribution in [2.45, 2.75) is 44.7 Å². The van der Waals surface area contributed by atoms with Crippen LogP contribution in [0.2, 0.25) is 0 Å². The molecule has 0 bridgehead atoms. The fourth-order valence-electron chi connectivity index (χ4n) is 3.31. The quantitative estimate of drug-likeness (QED) is 0.874. The number of carbonyl (C=O) groups excluding carboxylic acids is 1. The maximum atomic E-state index is 12.1. The van der Waals surface area contributed by atoms with Gasteiger partial charge in [-0.1, -0.05) is 12.1 Å². The van der Waals surface area contributed by atoms with Gasteiger partial charge in [-0.2, -0.15) is 0 Å². The van der Waals surface area contributed by atoms with E-state index in [-0.39, 0.29) is 5.91 Å². The van der Waals surface area contributed by atoms with Crippen molar-refractivity contribution in [3.05, 3.63) is 29.8 Å². The van der Waals surface area contributed by atoms with Gasteiger partial charge >= 0.3 is 0 Å². The first kappa shape index (κ1) is 14.5. The fraction of sp³-hybridized carbons (Fsp3) is 0.588. The van der Waals surface area contributed by atoms with Crippen LogP contribution < -0.4 is 10.6 Å². The zero-order chi connectivity index (χ0) is 14.5. The second-order valence-corrected chi connectivity index (χ2v) is 6.23. The summed E-state index contributed by atoms with van der Waals surface area (Å²) in [5, 5.41) is 6.40. The number of carbonyl (C=O) groups is 1. The van der Waals surface area contributed by atoms with Crippen molar-refractivity contribution >= 4 is 11.6 Å². The molecule has 2 N–H and O–H groups in total. The molecule has 2 aliphatic heterocycles. The van der Waals surface area contributed by atoms with Crippen LogP contribution >= 0.6 is 0 Å². The van der Waals surface area contributed by atoms with E-state index in [9.17, 15) is 4.79 Å². The SMILES string of the molecule is O=C(CC1CCCN1)Nc1cccc(CN2CCCC2)c1. The molecule has 1 amide bonds. The Bertz CT molecular complexity index is 477. The van der Waals surface area contributed by atoms with Gasteiger partial charge in [0, 0.05) is 24.7 Å². The molecule has 0 saturated carbocycles. The van der Waals surface area contributed by atoms with Gasteiger partial charge in [0.1, 0.15) is 0 Å². The highest BCUT2D eigenvalue weighted by atomic mass is 16.1. The number of benzene rings is 1. The van der Waals surface area contributed by atoms with Crippen LogP contribution in [0.25, 0.3) is 0 Å². The van der Waals surface area contributed by atoms with Crippen LogP contribution in [0.4, 0.5) is 5.69 Å². The third kappa shape index (κ3) is 4.29. The van der Waals surface area contributed by atoms with E-state index in [0.717, 1.165) is 25.2 Å². The molecule has 3 rings (SSSR count). The van der Waals surface area contributed by atoms with Gasteiger partial charge in [0.15, 0.2) is 0 Å². The highest BCUT2D eigenvalue weighted by molar-refractivity contribution is 5.91. The van der Waals surface area contributed by atoms with Crippen LogP contribution in [0.1, 0.15) is 37.7 Å². The highest BCUT2D eigenvalue weighted by Crippen LogP contribution is 2.17. The Morgan fingerprint density at radius 3 is 2.90 bits per heavy atom. The summed E-state index contributed by atoms with van der Waals surface area (Å²) in [5.41, 5.74) is 2.21. The average Bonchev–Trinajstić information content (AvgIpc) is 3.12. The summed E-state index contributed by atoms with van der Waals surface area (Å²) >= 11 is 0. The minimum absolute atomic E-state index is 0.118. The molecule has 4 nitrogen and oxygen atoms in total. The van der Waals surface area contributed by atoms with Crippen molar-refractivity contribution < 1.29 is 4.79 Å². The zero-order valence-corrected chi connectivity index (χ0v) is 12.6. The average molecular weight is 287 g/mol. The summed E-state index contributed by atoms with van der Waals surface area (Å²) in [6, 6.07) is 8.63. The minimum atomic E-state index is 0.118. The van der Waals surface area contributed by atoms with E-state index in [0.29, 0.717) is 12.5 Å². The predicted molar refractivity (Wildman–Crippen MR) is 85.2 cm³/mol. The van der Waals surface area contributed by atoms with Crippen LogP contribution in [0.3, 0.4) is 0 Å². The number of likely N-dealkylation sites (tertiary alicyclic amines) is 1. The Kier molecular flexibility index (Phi) is 4.88. The first-order chi connectivity index (χ1) is 10.3. The lowest BCUT2D eigenvalue weighted by atomic mass is 10.1. The van der Waals surface area contributed by atoms with E-state index in [2.05, 4.69) is 27.7 Å². The van der Waals surface area contributed by atoms with Gasteiger partial charge in [0.25, 0.3) is 0 Å². The summed E-state index contributed by atoms with van der Waals surface area (Å²) in [6.45, 7) is 4.44. The molecule has 1 aromatic carbocycles. The highest BCUT2D eigenvalue weighted by Gasteiger charge is 2.17. The molecule has 4 heteroatoms. The van der Waals surface area contributed by atoms with Gasteiger partial charge in [0.05, 0.1) is 0 Å². The summed E-state index contributed by atoms with van der Waals surface area (Å²) in [5.74, 6) is 0.118. The van der Waals surface area contributed by atoms with Crippen LogP contribution in [-0.2, 0) is 11.3 Å². The van der Waals surface area contributed by atoms with Crippen molar-refractivity contribution in [1.29, 1.82) is 0 Å². The standard InChI is InChI=1S/C17H25N3O/c21-17(12-15-7-4-8-18-15)19-16-6-3-5-14(11-16)13-20-9-1-2-10-20/h3,5-6,11,15,18H,1-2,4,7-10,12-13H2,(H,19,21). The normalized spacial score (nSPS) is 22.6. The lowest BCUT2D eigenvalue weighted by Crippen LogP contribution is -2.27. The van der Waals surface area contributed by atoms with Gasteiger partial charge in [-0.3, -0.25) is 9.69 Å².